The van der Waals surface area contributed by atoms with Crippen molar-refractivity contribution in [2.75, 3.05) is 6.54 Å². The van der Waals surface area contributed by atoms with Gasteiger partial charge in [-0.15, -0.1) is 0 Å². The number of hydrogen-bond acceptors (Lipinski definition) is 1. The second-order valence-electron chi connectivity index (χ2n) is 5.94. The minimum absolute atomic E-state index is 0.837. The van der Waals surface area contributed by atoms with Crippen LogP contribution in [-0.4, -0.2) is 12.6 Å². The van der Waals surface area contributed by atoms with Gasteiger partial charge in [0.25, 0.3) is 0 Å². The molecule has 2 aliphatic rings. The summed E-state index contributed by atoms with van der Waals surface area (Å²) in [5.41, 5.74) is 0. The molecule has 1 N–H and O–H groups in total. The monoisotopic (exact) mass is 223 g/mol. The average Bonchev–Trinajstić information content (AvgIpc) is 3.11. The minimum Gasteiger partial charge on any atom is -0.314 e. The van der Waals surface area contributed by atoms with Crippen molar-refractivity contribution in [3.63, 3.8) is 0 Å². The summed E-state index contributed by atoms with van der Waals surface area (Å²) in [7, 11) is 0. The average molecular weight is 223 g/mol. The summed E-state index contributed by atoms with van der Waals surface area (Å²) >= 11 is 0. The van der Waals surface area contributed by atoms with Gasteiger partial charge in [-0.2, -0.15) is 0 Å². The Morgan fingerprint density at radius 2 is 1.69 bits per heavy atom. The Bertz CT molecular complexity index is 178. The van der Waals surface area contributed by atoms with E-state index in [1.165, 1.54) is 64.2 Å². The zero-order valence-electron chi connectivity index (χ0n) is 11.0. The van der Waals surface area contributed by atoms with E-state index in [1.54, 1.807) is 0 Å². The van der Waals surface area contributed by atoms with Crippen molar-refractivity contribution in [3.05, 3.63) is 0 Å². The van der Waals surface area contributed by atoms with E-state index in [0.717, 1.165) is 24.4 Å². The quantitative estimate of drug-likeness (QED) is 0.668. The van der Waals surface area contributed by atoms with Gasteiger partial charge in [-0.3, -0.25) is 0 Å². The molecule has 0 amide bonds. The third-order valence-electron chi connectivity index (χ3n) is 4.52. The van der Waals surface area contributed by atoms with Gasteiger partial charge in [0, 0.05) is 6.04 Å². The molecule has 1 heteroatoms. The molecule has 16 heavy (non-hydrogen) atoms. The lowest BCUT2D eigenvalue weighted by atomic mass is 9.88. The molecule has 0 aromatic heterocycles. The molecule has 2 fully saturated rings. The van der Waals surface area contributed by atoms with Crippen molar-refractivity contribution in [1.82, 2.24) is 5.32 Å². The molecule has 1 nitrogen and oxygen atoms in total. The van der Waals surface area contributed by atoms with Gasteiger partial charge in [-0.05, 0) is 44.1 Å². The summed E-state index contributed by atoms with van der Waals surface area (Å²) in [6.07, 6.45) is 14.9. The van der Waals surface area contributed by atoms with Gasteiger partial charge in [0.1, 0.15) is 0 Å². The SMILES string of the molecule is CCNC(CCC1CC1)C1CCCCCC1. The van der Waals surface area contributed by atoms with E-state index in [1.807, 2.05) is 0 Å². The molecule has 0 aliphatic heterocycles. The topological polar surface area (TPSA) is 12.0 Å². The smallest absolute Gasteiger partial charge is 0.00953 e. The molecule has 0 spiro atoms. The first-order valence-electron chi connectivity index (χ1n) is 7.63. The standard InChI is InChI=1S/C15H29N/c1-2-16-15(12-11-13-9-10-13)14-7-5-3-4-6-8-14/h13-16H,2-12H2,1H3. The fourth-order valence-electron chi connectivity index (χ4n) is 3.30. The van der Waals surface area contributed by atoms with Crippen molar-refractivity contribution in [1.29, 1.82) is 0 Å². The molecule has 1 atom stereocenters. The Morgan fingerprint density at radius 1 is 1.00 bits per heavy atom. The Balaban J connectivity index is 1.77. The van der Waals surface area contributed by atoms with Gasteiger partial charge >= 0.3 is 0 Å². The first-order valence-corrected chi connectivity index (χ1v) is 7.63. The summed E-state index contributed by atoms with van der Waals surface area (Å²) in [5, 5.41) is 3.76. The van der Waals surface area contributed by atoms with Gasteiger partial charge in [0.15, 0.2) is 0 Å². The third-order valence-corrected chi connectivity index (χ3v) is 4.52. The normalized spacial score (nSPS) is 25.3. The predicted molar refractivity (Wildman–Crippen MR) is 70.6 cm³/mol. The summed E-state index contributed by atoms with van der Waals surface area (Å²) in [5.74, 6) is 2.09. The van der Waals surface area contributed by atoms with Crippen LogP contribution in [0.15, 0.2) is 0 Å². The second kappa shape index (κ2) is 6.64. The number of hydrogen-bond donors (Lipinski definition) is 1. The number of nitrogens with one attached hydrogen (secondary N) is 1. The maximum atomic E-state index is 3.76. The maximum Gasteiger partial charge on any atom is 0.00953 e. The molecular formula is C15H29N. The number of rotatable bonds is 6. The molecule has 0 bridgehead atoms. The van der Waals surface area contributed by atoms with Crippen LogP contribution in [0.2, 0.25) is 0 Å². The Morgan fingerprint density at radius 3 is 2.25 bits per heavy atom. The van der Waals surface area contributed by atoms with E-state index in [0.29, 0.717) is 0 Å². The molecule has 0 aromatic rings. The molecule has 2 saturated carbocycles. The molecule has 0 aromatic carbocycles. The zero-order valence-corrected chi connectivity index (χ0v) is 11.0. The predicted octanol–water partition coefficient (Wildman–Crippen LogP) is 4.13. The molecule has 2 aliphatic carbocycles. The van der Waals surface area contributed by atoms with Crippen LogP contribution in [0.25, 0.3) is 0 Å². The van der Waals surface area contributed by atoms with Crippen LogP contribution in [0.1, 0.15) is 71.1 Å². The largest absolute Gasteiger partial charge is 0.314 e. The van der Waals surface area contributed by atoms with Crippen molar-refractivity contribution in [2.45, 2.75) is 77.2 Å². The van der Waals surface area contributed by atoms with Crippen LogP contribution in [0.5, 0.6) is 0 Å². The first kappa shape index (κ1) is 12.4. The molecule has 0 saturated heterocycles. The Hall–Kier alpha value is -0.0400. The highest BCUT2D eigenvalue weighted by Gasteiger charge is 2.26. The van der Waals surface area contributed by atoms with E-state index in [4.69, 9.17) is 0 Å². The molecule has 94 valence electrons. The van der Waals surface area contributed by atoms with Crippen LogP contribution in [0.3, 0.4) is 0 Å². The first-order chi connectivity index (χ1) is 7.90. The molecule has 1 unspecified atom stereocenters. The van der Waals surface area contributed by atoms with Gasteiger partial charge in [0.2, 0.25) is 0 Å². The second-order valence-corrected chi connectivity index (χ2v) is 5.94. The van der Waals surface area contributed by atoms with Crippen LogP contribution in [0, 0.1) is 11.8 Å². The van der Waals surface area contributed by atoms with Gasteiger partial charge in [0.05, 0.1) is 0 Å². The lowest BCUT2D eigenvalue weighted by Crippen LogP contribution is -2.36. The van der Waals surface area contributed by atoms with Gasteiger partial charge < -0.3 is 5.32 Å². The van der Waals surface area contributed by atoms with E-state index in [9.17, 15) is 0 Å². The van der Waals surface area contributed by atoms with Crippen molar-refractivity contribution in [3.8, 4) is 0 Å². The van der Waals surface area contributed by atoms with Crippen molar-refractivity contribution in [2.24, 2.45) is 11.8 Å². The van der Waals surface area contributed by atoms with Crippen LogP contribution in [-0.2, 0) is 0 Å². The zero-order chi connectivity index (χ0) is 11.2. The molecular weight excluding hydrogens is 194 g/mol. The fourth-order valence-corrected chi connectivity index (χ4v) is 3.30. The molecule has 2 rings (SSSR count). The van der Waals surface area contributed by atoms with Crippen LogP contribution in [0.4, 0.5) is 0 Å². The van der Waals surface area contributed by atoms with Gasteiger partial charge in [-0.25, -0.2) is 0 Å². The van der Waals surface area contributed by atoms with E-state index < -0.39 is 0 Å². The summed E-state index contributed by atoms with van der Waals surface area (Å²) in [4.78, 5) is 0. The Kier molecular flexibility index (Phi) is 5.15. The summed E-state index contributed by atoms with van der Waals surface area (Å²) < 4.78 is 0. The highest BCUT2D eigenvalue weighted by Crippen LogP contribution is 2.36. The van der Waals surface area contributed by atoms with Crippen LogP contribution >= 0.6 is 0 Å². The van der Waals surface area contributed by atoms with E-state index >= 15 is 0 Å². The van der Waals surface area contributed by atoms with Crippen molar-refractivity contribution >= 4 is 0 Å². The fraction of sp³-hybridized carbons (Fsp3) is 1.00. The summed E-state index contributed by atoms with van der Waals surface area (Å²) in [6.45, 7) is 3.42. The van der Waals surface area contributed by atoms with Crippen molar-refractivity contribution < 1.29 is 0 Å². The lowest BCUT2D eigenvalue weighted by molar-refractivity contribution is 0.300. The third kappa shape index (κ3) is 4.08. The van der Waals surface area contributed by atoms with Gasteiger partial charge in [-0.1, -0.05) is 45.4 Å². The Labute approximate surface area is 101 Å². The summed E-state index contributed by atoms with van der Waals surface area (Å²) in [6, 6.07) is 0.837. The molecule has 0 heterocycles. The highest BCUT2D eigenvalue weighted by molar-refractivity contribution is 4.82. The highest BCUT2D eigenvalue weighted by atomic mass is 14.9. The van der Waals surface area contributed by atoms with E-state index in [2.05, 4.69) is 12.2 Å². The van der Waals surface area contributed by atoms with Crippen LogP contribution < -0.4 is 5.32 Å². The lowest BCUT2D eigenvalue weighted by Gasteiger charge is -2.27. The van der Waals surface area contributed by atoms with E-state index in [-0.39, 0.29) is 0 Å². The molecule has 0 radical (unpaired) electrons. The minimum atomic E-state index is 0.837. The maximum absolute atomic E-state index is 3.76.